The smallest absolute Gasteiger partial charge is 0.122 e. The number of aryl methyl sites for hydroxylation is 1. The lowest BCUT2D eigenvalue weighted by atomic mass is 9.82. The minimum Gasteiger partial charge on any atom is -0.507 e. The van der Waals surface area contributed by atoms with Crippen LogP contribution in [0, 0.1) is 6.92 Å². The van der Waals surface area contributed by atoms with Gasteiger partial charge < -0.3 is 5.11 Å². The van der Waals surface area contributed by atoms with Crippen molar-refractivity contribution in [3.05, 3.63) is 89.0 Å². The fraction of sp³-hybridized carbons (Fsp3) is 0.387. The van der Waals surface area contributed by atoms with E-state index in [1.807, 2.05) is 43.5 Å². The Labute approximate surface area is 208 Å². The van der Waals surface area contributed by atoms with Crippen LogP contribution in [0.15, 0.2) is 71.7 Å². The zero-order chi connectivity index (χ0) is 24.8. The molecule has 0 saturated heterocycles. The van der Waals surface area contributed by atoms with Crippen LogP contribution in [0.3, 0.4) is 0 Å². The third-order valence-corrected chi connectivity index (χ3v) is 8.32. The van der Waals surface area contributed by atoms with Gasteiger partial charge >= 0.3 is 0 Å². The molecule has 180 valence electrons. The first kappa shape index (κ1) is 26.2. The van der Waals surface area contributed by atoms with Crippen molar-refractivity contribution < 1.29 is 5.11 Å². The zero-order valence-corrected chi connectivity index (χ0v) is 22.7. The Hall–Kier alpha value is -2.44. The highest BCUT2D eigenvalue weighted by atomic mass is 31.1. The average molecular weight is 474 g/mol. The van der Waals surface area contributed by atoms with E-state index in [1.54, 1.807) is 0 Å². The van der Waals surface area contributed by atoms with Crippen LogP contribution in [-0.2, 0) is 10.6 Å². The molecule has 0 fully saturated rings. The number of phenols is 1. The Morgan fingerprint density at radius 3 is 2.26 bits per heavy atom. The summed E-state index contributed by atoms with van der Waals surface area (Å²) >= 11 is 0. The molecule has 34 heavy (non-hydrogen) atoms. The maximum atomic E-state index is 11.3. The van der Waals surface area contributed by atoms with Crippen molar-refractivity contribution in [2.24, 2.45) is 4.99 Å². The van der Waals surface area contributed by atoms with Crippen molar-refractivity contribution >= 4 is 25.8 Å². The second kappa shape index (κ2) is 11.3. The molecule has 0 bridgehead atoms. The average Bonchev–Trinajstić information content (AvgIpc) is 2.80. The van der Waals surface area contributed by atoms with Gasteiger partial charge in [0, 0.05) is 22.5 Å². The predicted molar refractivity (Wildman–Crippen MR) is 151 cm³/mol. The van der Waals surface area contributed by atoms with Crippen LogP contribution >= 0.6 is 8.58 Å². The summed E-state index contributed by atoms with van der Waals surface area (Å²) in [6.45, 7) is 13.4. The molecule has 3 aromatic rings. The van der Waals surface area contributed by atoms with Crippen LogP contribution < -0.4 is 5.30 Å². The van der Waals surface area contributed by atoms with Gasteiger partial charge in [-0.2, -0.15) is 0 Å². The summed E-state index contributed by atoms with van der Waals surface area (Å²) in [6, 6.07) is 23.1. The fourth-order valence-electron chi connectivity index (χ4n) is 4.31. The van der Waals surface area contributed by atoms with Crippen molar-refractivity contribution in [1.29, 1.82) is 0 Å². The first-order valence-electron chi connectivity index (χ1n) is 12.4. The van der Waals surface area contributed by atoms with Crippen molar-refractivity contribution in [2.45, 2.75) is 77.8 Å². The number of aromatic hydroxyl groups is 1. The van der Waals surface area contributed by atoms with E-state index in [4.69, 9.17) is 4.99 Å². The third kappa shape index (κ3) is 6.57. The summed E-state index contributed by atoms with van der Waals surface area (Å²) in [5, 5.41) is 12.4. The zero-order valence-electron chi connectivity index (χ0n) is 21.7. The van der Waals surface area contributed by atoms with Gasteiger partial charge in [-0.05, 0) is 47.3 Å². The van der Waals surface area contributed by atoms with Crippen LogP contribution in [0.1, 0.15) is 82.6 Å². The Kier molecular flexibility index (Phi) is 8.72. The summed E-state index contributed by atoms with van der Waals surface area (Å²) in [7, 11) is 0.525. The molecular weight excluding hydrogens is 433 g/mol. The SMILES string of the molecule is CCCCCC(C)(Pc1ccccc1/C=N/c1ccccc1)c1cc(C(C)(C)C)cc(C)c1O. The van der Waals surface area contributed by atoms with E-state index in [9.17, 15) is 5.11 Å². The number of hydrogen-bond donors (Lipinski definition) is 1. The van der Waals surface area contributed by atoms with E-state index in [1.165, 1.54) is 23.7 Å². The van der Waals surface area contributed by atoms with Gasteiger partial charge in [-0.1, -0.05) is 117 Å². The number of phenolic OH excluding ortho intramolecular Hbond substituents is 1. The standard InChI is InChI=1S/C31H40NOP/c1-7-8-14-19-31(6,27-21-25(30(3,4)5)20-23(2)29(27)33)34-28-18-13-12-15-24(28)22-32-26-16-10-9-11-17-26/h9-13,15-18,20-22,33-34H,7-8,14,19H2,1-6H3/b32-22+. The maximum absolute atomic E-state index is 11.3. The lowest BCUT2D eigenvalue weighted by molar-refractivity contribution is 0.444. The normalized spacial score (nSPS) is 14.2. The van der Waals surface area contributed by atoms with Crippen LogP contribution in [-0.4, -0.2) is 11.3 Å². The molecule has 0 aliphatic heterocycles. The second-order valence-electron chi connectivity index (χ2n) is 10.5. The molecule has 2 unspecified atom stereocenters. The molecule has 3 rings (SSSR count). The highest BCUT2D eigenvalue weighted by Crippen LogP contribution is 2.50. The third-order valence-electron chi connectivity index (χ3n) is 6.52. The van der Waals surface area contributed by atoms with Crippen molar-refractivity contribution in [2.75, 3.05) is 0 Å². The summed E-state index contributed by atoms with van der Waals surface area (Å²) in [4.78, 5) is 4.72. The van der Waals surface area contributed by atoms with Crippen LogP contribution in [0.5, 0.6) is 5.75 Å². The van der Waals surface area contributed by atoms with Crippen LogP contribution in [0.2, 0.25) is 0 Å². The van der Waals surface area contributed by atoms with E-state index >= 15 is 0 Å². The van der Waals surface area contributed by atoms with Gasteiger partial charge in [0.1, 0.15) is 5.75 Å². The minimum absolute atomic E-state index is 0.0287. The number of aliphatic imine (C=N–C) groups is 1. The van der Waals surface area contributed by atoms with Crippen molar-refractivity contribution in [1.82, 2.24) is 0 Å². The van der Waals surface area contributed by atoms with E-state index in [0.29, 0.717) is 14.3 Å². The quantitative estimate of drug-likeness (QED) is 0.188. The number of nitrogens with zero attached hydrogens (tertiary/aromatic N) is 1. The Bertz CT molecular complexity index is 1110. The topological polar surface area (TPSA) is 32.6 Å². The number of rotatable bonds is 9. The Morgan fingerprint density at radius 1 is 0.912 bits per heavy atom. The number of benzene rings is 3. The molecule has 0 heterocycles. The predicted octanol–water partition coefficient (Wildman–Crippen LogP) is 8.55. The molecule has 0 aromatic heterocycles. The van der Waals surface area contributed by atoms with Gasteiger partial charge in [-0.3, -0.25) is 4.99 Å². The molecule has 2 nitrogen and oxygen atoms in total. The first-order valence-corrected chi connectivity index (χ1v) is 13.4. The highest BCUT2D eigenvalue weighted by molar-refractivity contribution is 7.48. The van der Waals surface area contributed by atoms with Crippen LogP contribution in [0.25, 0.3) is 0 Å². The van der Waals surface area contributed by atoms with Crippen molar-refractivity contribution in [3.8, 4) is 5.75 Å². The number of unbranched alkanes of at least 4 members (excludes halogenated alkanes) is 2. The molecule has 1 N–H and O–H groups in total. The highest BCUT2D eigenvalue weighted by Gasteiger charge is 2.32. The molecule has 3 aromatic carbocycles. The lowest BCUT2D eigenvalue weighted by Crippen LogP contribution is -2.23. The Balaban J connectivity index is 2.05. The summed E-state index contributed by atoms with van der Waals surface area (Å²) in [6.07, 6.45) is 6.58. The van der Waals surface area contributed by atoms with Gasteiger partial charge in [0.15, 0.2) is 0 Å². The molecular formula is C31H40NOP. The molecule has 0 saturated carbocycles. The molecule has 2 atom stereocenters. The molecule has 0 radical (unpaired) electrons. The Morgan fingerprint density at radius 2 is 1.59 bits per heavy atom. The second-order valence-corrected chi connectivity index (χ2v) is 12.4. The van der Waals surface area contributed by atoms with Crippen molar-refractivity contribution in [3.63, 3.8) is 0 Å². The fourth-order valence-corrected chi connectivity index (χ4v) is 6.00. The van der Waals surface area contributed by atoms with Gasteiger partial charge in [-0.15, -0.1) is 0 Å². The molecule has 3 heteroatoms. The van der Waals surface area contributed by atoms with Crippen LogP contribution in [0.4, 0.5) is 5.69 Å². The summed E-state index contributed by atoms with van der Waals surface area (Å²) in [5.74, 6) is 0.454. The van der Waals surface area contributed by atoms with E-state index in [2.05, 4.69) is 71.0 Å². The van der Waals surface area contributed by atoms with Gasteiger partial charge in [0.05, 0.1) is 5.69 Å². The van der Waals surface area contributed by atoms with E-state index in [-0.39, 0.29) is 10.6 Å². The van der Waals surface area contributed by atoms with Gasteiger partial charge in [-0.25, -0.2) is 0 Å². The number of para-hydroxylation sites is 1. The molecule has 0 aliphatic rings. The first-order chi connectivity index (χ1) is 16.1. The van der Waals surface area contributed by atoms with E-state index < -0.39 is 0 Å². The largest absolute Gasteiger partial charge is 0.507 e. The maximum Gasteiger partial charge on any atom is 0.122 e. The lowest BCUT2D eigenvalue weighted by Gasteiger charge is -2.34. The van der Waals surface area contributed by atoms with Gasteiger partial charge in [0.2, 0.25) is 0 Å². The summed E-state index contributed by atoms with van der Waals surface area (Å²) < 4.78 is 0. The minimum atomic E-state index is -0.151. The van der Waals surface area contributed by atoms with Gasteiger partial charge in [0.25, 0.3) is 0 Å². The molecule has 0 amide bonds. The number of hydrogen-bond acceptors (Lipinski definition) is 2. The molecule has 0 aliphatic carbocycles. The van der Waals surface area contributed by atoms with E-state index in [0.717, 1.165) is 35.2 Å². The molecule has 0 spiro atoms. The monoisotopic (exact) mass is 473 g/mol. The summed E-state index contributed by atoms with van der Waals surface area (Å²) in [5.41, 5.74) is 5.46.